The Labute approximate surface area is 144 Å². The molecule has 1 heterocycles. The second-order valence-corrected chi connectivity index (χ2v) is 5.95. The third-order valence-corrected chi connectivity index (χ3v) is 3.83. The summed E-state index contributed by atoms with van der Waals surface area (Å²) in [5, 5.41) is 10.6. The van der Waals surface area contributed by atoms with Crippen molar-refractivity contribution in [2.45, 2.75) is 19.4 Å². The van der Waals surface area contributed by atoms with Gasteiger partial charge in [0.05, 0.1) is 0 Å². The van der Waals surface area contributed by atoms with E-state index in [9.17, 15) is 4.39 Å². The summed E-state index contributed by atoms with van der Waals surface area (Å²) in [6.07, 6.45) is 5.26. The average Bonchev–Trinajstić information content (AvgIpc) is 3.06. The van der Waals surface area contributed by atoms with Crippen LogP contribution in [-0.4, -0.2) is 35.9 Å². The van der Waals surface area contributed by atoms with Gasteiger partial charge in [0, 0.05) is 43.5 Å². The molecule has 0 aliphatic rings. The van der Waals surface area contributed by atoms with Gasteiger partial charge in [0.1, 0.15) is 5.82 Å². The molecule has 7 heteroatoms. The second-order valence-electron chi connectivity index (χ2n) is 5.03. The van der Waals surface area contributed by atoms with Crippen molar-refractivity contribution in [3.8, 4) is 0 Å². The van der Waals surface area contributed by atoms with E-state index < -0.39 is 0 Å². The van der Waals surface area contributed by atoms with Crippen molar-refractivity contribution in [3.05, 3.63) is 52.5 Å². The number of guanidine groups is 1. The molecule has 23 heavy (non-hydrogen) atoms. The number of benzene rings is 1. The van der Waals surface area contributed by atoms with Crippen LogP contribution in [0.15, 0.2) is 46.1 Å². The van der Waals surface area contributed by atoms with Crippen molar-refractivity contribution >= 4 is 21.9 Å². The Morgan fingerprint density at radius 2 is 2.17 bits per heavy atom. The van der Waals surface area contributed by atoms with E-state index in [1.165, 1.54) is 6.07 Å². The van der Waals surface area contributed by atoms with Crippen LogP contribution in [0, 0.1) is 5.82 Å². The first-order chi connectivity index (χ1) is 11.2. The van der Waals surface area contributed by atoms with E-state index in [1.807, 2.05) is 16.9 Å². The lowest BCUT2D eigenvalue weighted by Crippen LogP contribution is -2.39. The maximum Gasteiger partial charge on any atom is 0.190 e. The van der Waals surface area contributed by atoms with Crippen molar-refractivity contribution in [1.29, 1.82) is 0 Å². The number of nitrogens with one attached hydrogen (secondary N) is 2. The number of aliphatic imine (C=N–C) groups is 1. The fourth-order valence-electron chi connectivity index (χ4n) is 2.15. The Bertz CT molecular complexity index is 627. The molecule has 0 unspecified atom stereocenters. The van der Waals surface area contributed by atoms with Gasteiger partial charge in [-0.05, 0) is 42.7 Å². The Balaban J connectivity index is 1.67. The van der Waals surface area contributed by atoms with Gasteiger partial charge in [0.15, 0.2) is 5.96 Å². The molecule has 124 valence electrons. The van der Waals surface area contributed by atoms with Gasteiger partial charge in [-0.15, -0.1) is 0 Å². The molecule has 0 saturated heterocycles. The van der Waals surface area contributed by atoms with E-state index in [0.717, 1.165) is 29.9 Å². The Morgan fingerprint density at radius 1 is 1.35 bits per heavy atom. The Hall–Kier alpha value is -1.89. The van der Waals surface area contributed by atoms with Gasteiger partial charge >= 0.3 is 0 Å². The SMILES string of the molecule is CN=C(NCCCn1cccn1)NCCc1cc(Br)ccc1F. The molecule has 2 rings (SSSR count). The predicted molar refractivity (Wildman–Crippen MR) is 94.0 cm³/mol. The van der Waals surface area contributed by atoms with E-state index in [-0.39, 0.29) is 5.82 Å². The summed E-state index contributed by atoms with van der Waals surface area (Å²) in [7, 11) is 1.72. The maximum absolute atomic E-state index is 13.7. The number of hydrogen-bond donors (Lipinski definition) is 2. The summed E-state index contributed by atoms with van der Waals surface area (Å²) in [6.45, 7) is 2.28. The minimum atomic E-state index is -0.183. The number of nitrogens with zero attached hydrogens (tertiary/aromatic N) is 3. The first kappa shape index (κ1) is 17.5. The molecule has 2 N–H and O–H groups in total. The van der Waals surface area contributed by atoms with E-state index in [2.05, 4.69) is 36.7 Å². The molecule has 0 amide bonds. The largest absolute Gasteiger partial charge is 0.356 e. The molecule has 5 nitrogen and oxygen atoms in total. The fourth-order valence-corrected chi connectivity index (χ4v) is 2.56. The molecule has 1 aromatic heterocycles. The van der Waals surface area contributed by atoms with Crippen molar-refractivity contribution in [2.75, 3.05) is 20.1 Å². The molecule has 0 aliphatic carbocycles. The van der Waals surface area contributed by atoms with E-state index in [4.69, 9.17) is 0 Å². The van der Waals surface area contributed by atoms with Crippen LogP contribution in [0.3, 0.4) is 0 Å². The fraction of sp³-hybridized carbons (Fsp3) is 0.375. The number of hydrogen-bond acceptors (Lipinski definition) is 2. The van der Waals surface area contributed by atoms with Gasteiger partial charge < -0.3 is 10.6 Å². The van der Waals surface area contributed by atoms with Crippen LogP contribution >= 0.6 is 15.9 Å². The van der Waals surface area contributed by atoms with Crippen molar-refractivity contribution in [1.82, 2.24) is 20.4 Å². The van der Waals surface area contributed by atoms with Crippen LogP contribution in [0.1, 0.15) is 12.0 Å². The predicted octanol–water partition coefficient (Wildman–Crippen LogP) is 2.58. The molecule has 0 aliphatic heterocycles. The van der Waals surface area contributed by atoms with Crippen molar-refractivity contribution < 1.29 is 4.39 Å². The molecular weight excluding hydrogens is 361 g/mol. The van der Waals surface area contributed by atoms with Crippen LogP contribution in [-0.2, 0) is 13.0 Å². The molecular formula is C16H21BrFN5. The molecule has 0 saturated carbocycles. The van der Waals surface area contributed by atoms with Crippen molar-refractivity contribution in [2.24, 2.45) is 4.99 Å². The molecule has 0 atom stereocenters. The van der Waals surface area contributed by atoms with Gasteiger partial charge in [0.2, 0.25) is 0 Å². The highest BCUT2D eigenvalue weighted by Crippen LogP contribution is 2.15. The monoisotopic (exact) mass is 381 g/mol. The number of halogens is 2. The molecule has 1 aromatic carbocycles. The number of aromatic nitrogens is 2. The zero-order chi connectivity index (χ0) is 16.5. The summed E-state index contributed by atoms with van der Waals surface area (Å²) in [4.78, 5) is 4.16. The highest BCUT2D eigenvalue weighted by atomic mass is 79.9. The smallest absolute Gasteiger partial charge is 0.190 e. The van der Waals surface area contributed by atoms with Crippen LogP contribution in [0.25, 0.3) is 0 Å². The lowest BCUT2D eigenvalue weighted by atomic mass is 10.1. The summed E-state index contributed by atoms with van der Waals surface area (Å²) < 4.78 is 16.4. The summed E-state index contributed by atoms with van der Waals surface area (Å²) >= 11 is 3.36. The van der Waals surface area contributed by atoms with E-state index in [0.29, 0.717) is 18.5 Å². The van der Waals surface area contributed by atoms with Gasteiger partial charge in [0.25, 0.3) is 0 Å². The quantitative estimate of drug-likeness (QED) is 0.440. The molecule has 0 fully saturated rings. The van der Waals surface area contributed by atoms with Crippen molar-refractivity contribution in [3.63, 3.8) is 0 Å². The first-order valence-corrected chi connectivity index (χ1v) is 8.34. The topological polar surface area (TPSA) is 54.2 Å². The highest BCUT2D eigenvalue weighted by Gasteiger charge is 2.03. The van der Waals surface area contributed by atoms with Crippen LogP contribution in [0.4, 0.5) is 4.39 Å². The lowest BCUT2D eigenvalue weighted by Gasteiger charge is -2.12. The molecule has 2 aromatic rings. The lowest BCUT2D eigenvalue weighted by molar-refractivity contribution is 0.570. The van der Waals surface area contributed by atoms with Gasteiger partial charge in [-0.1, -0.05) is 15.9 Å². The third kappa shape index (κ3) is 6.02. The van der Waals surface area contributed by atoms with E-state index >= 15 is 0 Å². The summed E-state index contributed by atoms with van der Waals surface area (Å²) in [6, 6.07) is 6.89. The van der Waals surface area contributed by atoms with Crippen LogP contribution < -0.4 is 10.6 Å². The second kappa shape index (κ2) is 9.29. The summed E-state index contributed by atoms with van der Waals surface area (Å²) in [5.74, 6) is 0.540. The van der Waals surface area contributed by atoms with Crippen LogP contribution in [0.5, 0.6) is 0 Å². The average molecular weight is 382 g/mol. The zero-order valence-corrected chi connectivity index (χ0v) is 14.7. The number of rotatable bonds is 7. The Morgan fingerprint density at radius 3 is 2.91 bits per heavy atom. The number of aryl methyl sites for hydroxylation is 1. The minimum Gasteiger partial charge on any atom is -0.356 e. The van der Waals surface area contributed by atoms with Gasteiger partial charge in [-0.2, -0.15) is 5.10 Å². The zero-order valence-electron chi connectivity index (χ0n) is 13.1. The molecule has 0 spiro atoms. The summed E-state index contributed by atoms with van der Waals surface area (Å²) in [5.41, 5.74) is 0.681. The van der Waals surface area contributed by atoms with Gasteiger partial charge in [-0.3, -0.25) is 9.67 Å². The molecule has 0 bridgehead atoms. The third-order valence-electron chi connectivity index (χ3n) is 3.33. The van der Waals surface area contributed by atoms with E-state index in [1.54, 1.807) is 25.4 Å². The minimum absolute atomic E-state index is 0.183. The normalized spacial score (nSPS) is 11.5. The standard InChI is InChI=1S/C16H21BrFN5/c1-19-16(20-7-2-10-23-11-3-8-22-23)21-9-6-13-12-14(17)4-5-15(13)18/h3-5,8,11-12H,2,6-7,9-10H2,1H3,(H2,19,20,21). The maximum atomic E-state index is 13.7. The molecule has 0 radical (unpaired) electrons. The van der Waals surface area contributed by atoms with Gasteiger partial charge in [-0.25, -0.2) is 4.39 Å². The Kier molecular flexibility index (Phi) is 7.06. The first-order valence-electron chi connectivity index (χ1n) is 7.55. The highest BCUT2D eigenvalue weighted by molar-refractivity contribution is 9.10. The van der Waals surface area contributed by atoms with Crippen LogP contribution in [0.2, 0.25) is 0 Å².